The van der Waals surface area contributed by atoms with Crippen molar-refractivity contribution < 1.29 is 17.9 Å². The van der Waals surface area contributed by atoms with E-state index in [1.165, 1.54) is 0 Å². The molecule has 0 atom stereocenters. The molecule has 0 radical (unpaired) electrons. The smallest absolute Gasteiger partial charge is 0.266 e. The van der Waals surface area contributed by atoms with Gasteiger partial charge in [-0.05, 0) is 28.1 Å². The maximum atomic E-state index is 12.7. The molecule has 7 heteroatoms. The van der Waals surface area contributed by atoms with Crippen LogP contribution in [-0.2, 0) is 9.05 Å². The molecule has 0 bridgehead atoms. The van der Waals surface area contributed by atoms with Gasteiger partial charge in [-0.2, -0.15) is 0 Å². The summed E-state index contributed by atoms with van der Waals surface area (Å²) in [6, 6.07) is 2.06. The average molecular weight is 290 g/mol. The lowest BCUT2D eigenvalue weighted by Crippen LogP contribution is -1.94. The van der Waals surface area contributed by atoms with Crippen molar-refractivity contribution in [2.45, 2.75) is 4.90 Å². The fraction of sp³-hybridized carbons (Fsp3) is 0. The summed E-state index contributed by atoms with van der Waals surface area (Å²) in [6.45, 7) is 0. The molecule has 0 saturated carbocycles. The largest absolute Gasteiger partial charge is 0.504 e. The minimum atomic E-state index is -4.15. The van der Waals surface area contributed by atoms with E-state index in [-0.39, 0.29) is 4.47 Å². The summed E-state index contributed by atoms with van der Waals surface area (Å²) in [7, 11) is 0.805. The van der Waals surface area contributed by atoms with Crippen molar-refractivity contribution in [3.8, 4) is 5.75 Å². The summed E-state index contributed by atoms with van der Waals surface area (Å²) < 4.78 is 34.4. The van der Waals surface area contributed by atoms with Crippen molar-refractivity contribution in [2.75, 3.05) is 0 Å². The Morgan fingerprint density at radius 2 is 2.00 bits per heavy atom. The zero-order valence-corrected chi connectivity index (χ0v) is 9.12. The van der Waals surface area contributed by atoms with Crippen LogP contribution in [0.1, 0.15) is 0 Å². The van der Waals surface area contributed by atoms with Gasteiger partial charge in [0.1, 0.15) is 4.90 Å². The molecule has 1 rings (SSSR count). The fourth-order valence-corrected chi connectivity index (χ4v) is 3.09. The quantitative estimate of drug-likeness (QED) is 0.807. The van der Waals surface area contributed by atoms with Crippen molar-refractivity contribution in [1.29, 1.82) is 0 Å². The van der Waals surface area contributed by atoms with E-state index in [9.17, 15) is 12.8 Å². The molecular weight excluding hydrogens is 286 g/mol. The maximum Gasteiger partial charge on any atom is 0.266 e. The van der Waals surface area contributed by atoms with E-state index in [0.29, 0.717) is 0 Å². The van der Waals surface area contributed by atoms with Crippen LogP contribution in [0.3, 0.4) is 0 Å². The zero-order chi connectivity index (χ0) is 10.2. The molecule has 0 spiro atoms. The molecule has 0 aliphatic carbocycles. The molecule has 0 fully saturated rings. The lowest BCUT2D eigenvalue weighted by molar-refractivity contribution is 0.417. The van der Waals surface area contributed by atoms with Crippen LogP contribution in [0.4, 0.5) is 4.39 Å². The second kappa shape index (κ2) is 3.43. The highest BCUT2D eigenvalue weighted by Gasteiger charge is 2.22. The second-order valence-corrected chi connectivity index (χ2v) is 5.50. The SMILES string of the molecule is O=S(=O)(Cl)c1c(Br)ccc(F)c1O. The standard InChI is InChI=1S/C6H3BrClFO3S/c7-3-1-2-4(9)5(10)6(3)13(8,11)12/h1-2,10H. The molecule has 0 heterocycles. The van der Waals surface area contributed by atoms with Gasteiger partial charge in [0.15, 0.2) is 11.6 Å². The minimum Gasteiger partial charge on any atom is -0.504 e. The molecule has 0 aliphatic rings. The molecular formula is C6H3BrClFO3S. The second-order valence-electron chi connectivity index (χ2n) is 2.14. The molecule has 0 unspecified atom stereocenters. The van der Waals surface area contributed by atoms with E-state index in [0.717, 1.165) is 12.1 Å². The van der Waals surface area contributed by atoms with E-state index in [1.807, 2.05) is 0 Å². The summed E-state index contributed by atoms with van der Waals surface area (Å²) in [6.07, 6.45) is 0. The highest BCUT2D eigenvalue weighted by atomic mass is 79.9. The first-order chi connectivity index (χ1) is 5.84. The van der Waals surface area contributed by atoms with Gasteiger partial charge in [-0.3, -0.25) is 0 Å². The van der Waals surface area contributed by atoms with Gasteiger partial charge in [-0.15, -0.1) is 0 Å². The molecule has 72 valence electrons. The van der Waals surface area contributed by atoms with Crippen LogP contribution in [0.25, 0.3) is 0 Å². The Morgan fingerprint density at radius 3 is 2.38 bits per heavy atom. The van der Waals surface area contributed by atoms with Gasteiger partial charge in [-0.25, -0.2) is 12.8 Å². The number of aromatic hydroxyl groups is 1. The Balaban J connectivity index is 3.62. The summed E-state index contributed by atoms with van der Waals surface area (Å²) in [5, 5.41) is 9.05. The third-order valence-electron chi connectivity index (χ3n) is 1.28. The summed E-state index contributed by atoms with van der Waals surface area (Å²) in [5.74, 6) is -2.02. The van der Waals surface area contributed by atoms with Crippen molar-refractivity contribution in [3.05, 3.63) is 22.4 Å². The number of phenolic OH excluding ortho intramolecular Hbond substituents is 1. The molecule has 1 aromatic carbocycles. The first kappa shape index (κ1) is 10.7. The van der Waals surface area contributed by atoms with Crippen LogP contribution < -0.4 is 0 Å². The van der Waals surface area contributed by atoms with Gasteiger partial charge in [0, 0.05) is 15.2 Å². The monoisotopic (exact) mass is 288 g/mol. The van der Waals surface area contributed by atoms with E-state index in [1.54, 1.807) is 0 Å². The van der Waals surface area contributed by atoms with E-state index in [2.05, 4.69) is 15.9 Å². The van der Waals surface area contributed by atoms with Crippen LogP contribution in [0.15, 0.2) is 21.5 Å². The molecule has 0 amide bonds. The van der Waals surface area contributed by atoms with Crippen LogP contribution in [0, 0.1) is 5.82 Å². The van der Waals surface area contributed by atoms with Crippen LogP contribution in [0.2, 0.25) is 0 Å². The first-order valence-electron chi connectivity index (χ1n) is 2.95. The Hall–Kier alpha value is -0.330. The van der Waals surface area contributed by atoms with E-state index >= 15 is 0 Å². The van der Waals surface area contributed by atoms with Crippen LogP contribution >= 0.6 is 26.6 Å². The number of phenols is 1. The number of hydrogen-bond donors (Lipinski definition) is 1. The zero-order valence-electron chi connectivity index (χ0n) is 5.96. The fourth-order valence-electron chi connectivity index (χ4n) is 0.754. The molecule has 1 N–H and O–H groups in total. The van der Waals surface area contributed by atoms with E-state index in [4.69, 9.17) is 15.8 Å². The Labute approximate surface area is 86.7 Å². The molecule has 0 aliphatic heterocycles. The van der Waals surface area contributed by atoms with E-state index < -0.39 is 25.5 Å². The molecule has 1 aromatic rings. The Morgan fingerprint density at radius 1 is 1.46 bits per heavy atom. The lowest BCUT2D eigenvalue weighted by Gasteiger charge is -2.03. The number of halogens is 3. The predicted molar refractivity (Wildman–Crippen MR) is 48.8 cm³/mol. The third-order valence-corrected chi connectivity index (χ3v) is 3.57. The molecule has 0 saturated heterocycles. The lowest BCUT2D eigenvalue weighted by atomic mass is 10.3. The molecule has 13 heavy (non-hydrogen) atoms. The molecule has 3 nitrogen and oxygen atoms in total. The molecule has 0 aromatic heterocycles. The number of benzene rings is 1. The van der Waals surface area contributed by atoms with Crippen molar-refractivity contribution >= 4 is 35.7 Å². The van der Waals surface area contributed by atoms with Gasteiger partial charge in [0.25, 0.3) is 9.05 Å². The topological polar surface area (TPSA) is 54.4 Å². The van der Waals surface area contributed by atoms with Gasteiger partial charge < -0.3 is 5.11 Å². The van der Waals surface area contributed by atoms with Crippen LogP contribution in [0.5, 0.6) is 5.75 Å². The van der Waals surface area contributed by atoms with Crippen molar-refractivity contribution in [1.82, 2.24) is 0 Å². The summed E-state index contributed by atoms with van der Waals surface area (Å²) >= 11 is 2.83. The highest BCUT2D eigenvalue weighted by Crippen LogP contribution is 2.34. The van der Waals surface area contributed by atoms with Gasteiger partial charge in [0.2, 0.25) is 0 Å². The van der Waals surface area contributed by atoms with Gasteiger partial charge in [0.05, 0.1) is 0 Å². The number of rotatable bonds is 1. The Kier molecular flexibility index (Phi) is 2.84. The summed E-state index contributed by atoms with van der Waals surface area (Å²) in [5.41, 5.74) is 0. The maximum absolute atomic E-state index is 12.7. The van der Waals surface area contributed by atoms with Crippen molar-refractivity contribution in [3.63, 3.8) is 0 Å². The van der Waals surface area contributed by atoms with Crippen LogP contribution in [-0.4, -0.2) is 13.5 Å². The number of hydrogen-bond acceptors (Lipinski definition) is 3. The van der Waals surface area contributed by atoms with Gasteiger partial charge >= 0.3 is 0 Å². The van der Waals surface area contributed by atoms with Gasteiger partial charge in [-0.1, -0.05) is 0 Å². The third kappa shape index (κ3) is 2.12. The summed E-state index contributed by atoms with van der Waals surface area (Å²) in [4.78, 5) is -0.658. The Bertz CT molecular complexity index is 445. The normalized spacial score (nSPS) is 11.6. The highest BCUT2D eigenvalue weighted by molar-refractivity contribution is 9.10. The average Bonchev–Trinajstić information content (AvgIpc) is 1.95. The first-order valence-corrected chi connectivity index (χ1v) is 6.06. The van der Waals surface area contributed by atoms with Crippen molar-refractivity contribution in [2.24, 2.45) is 0 Å². The minimum absolute atomic E-state index is 0.0152. The predicted octanol–water partition coefficient (Wildman–Crippen LogP) is 2.22.